The van der Waals surface area contributed by atoms with Gasteiger partial charge in [-0.3, -0.25) is 9.89 Å². The Bertz CT molecular complexity index is 740. The topological polar surface area (TPSA) is 84.9 Å². The van der Waals surface area contributed by atoms with Crippen molar-refractivity contribution in [1.29, 1.82) is 0 Å². The molecule has 2 aromatic heterocycles. The van der Waals surface area contributed by atoms with Gasteiger partial charge >= 0.3 is 0 Å². The summed E-state index contributed by atoms with van der Waals surface area (Å²) >= 11 is 0. The zero-order valence-corrected chi connectivity index (χ0v) is 9.73. The molecular weight excluding hydrogens is 230 g/mol. The van der Waals surface area contributed by atoms with Crippen LogP contribution in [0.1, 0.15) is 21.7 Å². The van der Waals surface area contributed by atoms with Crippen LogP contribution in [0.5, 0.6) is 0 Å². The summed E-state index contributed by atoms with van der Waals surface area (Å²) in [5.41, 5.74) is 7.74. The van der Waals surface area contributed by atoms with Gasteiger partial charge in [-0.2, -0.15) is 5.10 Å². The monoisotopic (exact) mass is 241 g/mol. The number of hydrogen-bond donors (Lipinski definition) is 2. The van der Waals surface area contributed by atoms with E-state index in [1.54, 1.807) is 6.07 Å². The van der Waals surface area contributed by atoms with Crippen molar-refractivity contribution in [2.24, 2.45) is 0 Å². The van der Waals surface area contributed by atoms with Gasteiger partial charge in [0.1, 0.15) is 11.4 Å². The molecule has 0 unspecified atom stereocenters. The van der Waals surface area contributed by atoms with Gasteiger partial charge < -0.3 is 10.2 Å². The predicted octanol–water partition coefficient (Wildman–Crippen LogP) is 2.28. The van der Waals surface area contributed by atoms with Crippen LogP contribution in [-0.4, -0.2) is 16.0 Å². The Kier molecular flexibility index (Phi) is 2.19. The molecule has 0 aliphatic rings. The van der Waals surface area contributed by atoms with Crippen LogP contribution < -0.4 is 5.73 Å². The van der Waals surface area contributed by atoms with E-state index in [0.717, 1.165) is 10.9 Å². The Balaban J connectivity index is 2.10. The minimum absolute atomic E-state index is 0.247. The average Bonchev–Trinajstić information content (AvgIpc) is 2.93. The number of H-pyrrole nitrogens is 1. The zero-order chi connectivity index (χ0) is 12.7. The molecule has 3 rings (SSSR count). The van der Waals surface area contributed by atoms with E-state index in [1.165, 1.54) is 6.20 Å². The fourth-order valence-corrected chi connectivity index (χ4v) is 1.88. The normalized spacial score (nSPS) is 10.9. The van der Waals surface area contributed by atoms with Crippen molar-refractivity contribution in [3.05, 3.63) is 47.3 Å². The van der Waals surface area contributed by atoms with Crippen molar-refractivity contribution in [3.63, 3.8) is 0 Å². The molecule has 90 valence electrons. The molecule has 2 heterocycles. The van der Waals surface area contributed by atoms with E-state index in [2.05, 4.69) is 10.2 Å². The molecule has 3 N–H and O–H groups in total. The first-order valence-electron chi connectivity index (χ1n) is 5.49. The van der Waals surface area contributed by atoms with E-state index >= 15 is 0 Å². The molecule has 0 saturated heterocycles. The summed E-state index contributed by atoms with van der Waals surface area (Å²) in [7, 11) is 0. The number of aromatic amines is 1. The summed E-state index contributed by atoms with van der Waals surface area (Å²) in [6, 6.07) is 7.47. The van der Waals surface area contributed by atoms with E-state index in [1.807, 2.05) is 25.1 Å². The SMILES string of the molecule is Cc1ccc2oc(C(=O)c3cn[nH]c3N)cc2c1. The number of aryl methyl sites for hydroxylation is 1. The Hall–Kier alpha value is -2.56. The van der Waals surface area contributed by atoms with Gasteiger partial charge in [0.25, 0.3) is 0 Å². The lowest BCUT2D eigenvalue weighted by Crippen LogP contribution is -2.01. The number of nitrogen functional groups attached to an aromatic ring is 1. The minimum atomic E-state index is -0.268. The fourth-order valence-electron chi connectivity index (χ4n) is 1.88. The van der Waals surface area contributed by atoms with Gasteiger partial charge in [0, 0.05) is 5.39 Å². The molecule has 1 aromatic carbocycles. The van der Waals surface area contributed by atoms with Crippen LogP contribution >= 0.6 is 0 Å². The molecule has 0 bridgehead atoms. The number of nitrogens with zero attached hydrogens (tertiary/aromatic N) is 1. The second kappa shape index (κ2) is 3.73. The van der Waals surface area contributed by atoms with E-state index < -0.39 is 0 Å². The van der Waals surface area contributed by atoms with E-state index in [0.29, 0.717) is 11.1 Å². The third-order valence-electron chi connectivity index (χ3n) is 2.81. The van der Waals surface area contributed by atoms with Crippen LogP contribution in [0.4, 0.5) is 5.82 Å². The second-order valence-electron chi connectivity index (χ2n) is 4.18. The van der Waals surface area contributed by atoms with Crippen molar-refractivity contribution < 1.29 is 9.21 Å². The molecule has 0 amide bonds. The summed E-state index contributed by atoms with van der Waals surface area (Å²) in [5.74, 6) is 0.246. The van der Waals surface area contributed by atoms with Crippen LogP contribution in [-0.2, 0) is 0 Å². The lowest BCUT2D eigenvalue weighted by atomic mass is 10.1. The highest BCUT2D eigenvalue weighted by atomic mass is 16.3. The third-order valence-corrected chi connectivity index (χ3v) is 2.81. The first kappa shape index (κ1) is 10.6. The van der Waals surface area contributed by atoms with Crippen LogP contribution in [0.15, 0.2) is 34.9 Å². The van der Waals surface area contributed by atoms with E-state index in [9.17, 15) is 4.79 Å². The number of hydrogen-bond acceptors (Lipinski definition) is 4. The van der Waals surface area contributed by atoms with Crippen molar-refractivity contribution in [2.75, 3.05) is 5.73 Å². The quantitative estimate of drug-likeness (QED) is 0.674. The average molecular weight is 241 g/mol. The molecule has 0 radical (unpaired) electrons. The minimum Gasteiger partial charge on any atom is -0.453 e. The van der Waals surface area contributed by atoms with Gasteiger partial charge in [-0.05, 0) is 25.1 Å². The van der Waals surface area contributed by atoms with Gasteiger partial charge in [0.05, 0.1) is 11.8 Å². The molecule has 0 saturated carbocycles. The van der Waals surface area contributed by atoms with Gasteiger partial charge in [0.15, 0.2) is 5.76 Å². The molecule has 0 fully saturated rings. The molecule has 0 spiro atoms. The molecule has 0 aliphatic carbocycles. The first-order valence-corrected chi connectivity index (χ1v) is 5.49. The fraction of sp³-hybridized carbons (Fsp3) is 0.0769. The Morgan fingerprint density at radius 1 is 1.39 bits per heavy atom. The summed E-state index contributed by atoms with van der Waals surface area (Å²) in [6.07, 6.45) is 1.40. The number of aromatic nitrogens is 2. The number of anilines is 1. The van der Waals surface area contributed by atoms with Crippen molar-refractivity contribution in [1.82, 2.24) is 10.2 Å². The maximum Gasteiger partial charge on any atom is 0.233 e. The second-order valence-corrected chi connectivity index (χ2v) is 4.18. The summed E-state index contributed by atoms with van der Waals surface area (Å²) < 4.78 is 5.52. The lowest BCUT2D eigenvalue weighted by Gasteiger charge is -1.93. The molecular formula is C13H11N3O2. The van der Waals surface area contributed by atoms with Gasteiger partial charge in [0.2, 0.25) is 5.78 Å². The molecule has 18 heavy (non-hydrogen) atoms. The lowest BCUT2D eigenvalue weighted by molar-refractivity contribution is 0.101. The number of benzene rings is 1. The maximum atomic E-state index is 12.1. The van der Waals surface area contributed by atoms with E-state index in [-0.39, 0.29) is 17.4 Å². The predicted molar refractivity (Wildman–Crippen MR) is 67.4 cm³/mol. The van der Waals surface area contributed by atoms with Gasteiger partial charge in [-0.25, -0.2) is 0 Å². The van der Waals surface area contributed by atoms with Crippen LogP contribution in [0.25, 0.3) is 11.0 Å². The largest absolute Gasteiger partial charge is 0.453 e. The number of ketones is 1. The Morgan fingerprint density at radius 2 is 2.22 bits per heavy atom. The number of carbonyl (C=O) groups excluding carboxylic acids is 1. The highest BCUT2D eigenvalue weighted by Gasteiger charge is 2.18. The first-order chi connectivity index (χ1) is 8.65. The number of nitrogens with one attached hydrogen (secondary N) is 1. The Labute approximate surface area is 103 Å². The molecule has 0 aliphatic heterocycles. The van der Waals surface area contributed by atoms with Crippen LogP contribution in [0.3, 0.4) is 0 Å². The van der Waals surface area contributed by atoms with Gasteiger partial charge in [-0.1, -0.05) is 11.6 Å². The van der Waals surface area contributed by atoms with Crippen molar-refractivity contribution in [2.45, 2.75) is 6.92 Å². The molecule has 3 aromatic rings. The number of rotatable bonds is 2. The summed E-state index contributed by atoms with van der Waals surface area (Å²) in [4.78, 5) is 12.1. The summed E-state index contributed by atoms with van der Waals surface area (Å²) in [5, 5.41) is 7.15. The smallest absolute Gasteiger partial charge is 0.233 e. The van der Waals surface area contributed by atoms with Crippen LogP contribution in [0, 0.1) is 6.92 Å². The van der Waals surface area contributed by atoms with Crippen LogP contribution in [0.2, 0.25) is 0 Å². The van der Waals surface area contributed by atoms with Gasteiger partial charge in [-0.15, -0.1) is 0 Å². The third kappa shape index (κ3) is 1.57. The maximum absolute atomic E-state index is 12.1. The van der Waals surface area contributed by atoms with E-state index in [4.69, 9.17) is 10.2 Å². The molecule has 5 heteroatoms. The number of nitrogens with two attached hydrogens (primary N) is 1. The molecule has 0 atom stereocenters. The Morgan fingerprint density at radius 3 is 2.94 bits per heavy atom. The van der Waals surface area contributed by atoms with Crippen molar-refractivity contribution in [3.8, 4) is 0 Å². The summed E-state index contributed by atoms with van der Waals surface area (Å²) in [6.45, 7) is 1.99. The molecule has 5 nitrogen and oxygen atoms in total. The number of carbonyl (C=O) groups is 1. The highest BCUT2D eigenvalue weighted by Crippen LogP contribution is 2.23. The number of furan rings is 1. The van der Waals surface area contributed by atoms with Crippen molar-refractivity contribution >= 4 is 22.6 Å². The number of fused-ring (bicyclic) bond motifs is 1. The standard InChI is InChI=1S/C13H11N3O2/c1-7-2-3-10-8(4-7)5-11(18-10)12(17)9-6-15-16-13(9)14/h2-6H,1H3,(H3,14,15,16). The highest BCUT2D eigenvalue weighted by molar-refractivity contribution is 6.11. The zero-order valence-electron chi connectivity index (χ0n) is 9.73.